The van der Waals surface area contributed by atoms with Crippen LogP contribution in [0.15, 0.2) is 48.5 Å². The van der Waals surface area contributed by atoms with Crippen LogP contribution in [0.5, 0.6) is 11.5 Å². The van der Waals surface area contributed by atoms with Gasteiger partial charge in [0.2, 0.25) is 0 Å². The zero-order chi connectivity index (χ0) is 40.8. The molecule has 18 heteroatoms. The van der Waals surface area contributed by atoms with Gasteiger partial charge in [0, 0.05) is 77.0 Å². The van der Waals surface area contributed by atoms with Crippen LogP contribution in [0.2, 0.25) is 0 Å². The third-order valence-electron chi connectivity index (χ3n) is 7.59. The quantitative estimate of drug-likeness (QED) is 0.140. The van der Waals surface area contributed by atoms with Crippen molar-refractivity contribution in [3.05, 3.63) is 68.8 Å². The van der Waals surface area contributed by atoms with E-state index in [2.05, 4.69) is 80.8 Å². The number of esters is 1. The summed E-state index contributed by atoms with van der Waals surface area (Å²) in [6.45, 7) is 20.9. The number of carbonyl (C=O) groups excluding carboxylic acids is 3. The summed E-state index contributed by atoms with van der Waals surface area (Å²) in [6.07, 6.45) is 3.21. The van der Waals surface area contributed by atoms with E-state index in [1.807, 2.05) is 0 Å². The van der Waals surface area contributed by atoms with Gasteiger partial charge in [0.15, 0.2) is 0 Å². The van der Waals surface area contributed by atoms with Crippen LogP contribution in [0.25, 0.3) is 0 Å². The lowest BCUT2D eigenvalue weighted by Gasteiger charge is -2.46. The molecular formula is C36H55Cl2N6O10-. The number of benzene rings is 2. The summed E-state index contributed by atoms with van der Waals surface area (Å²) in [5, 5.41) is 30.8. The van der Waals surface area contributed by atoms with Gasteiger partial charge in [-0.1, -0.05) is 0 Å². The highest BCUT2D eigenvalue weighted by atomic mass is 35.5. The topological polar surface area (TPSA) is 227 Å². The van der Waals surface area contributed by atoms with Crippen molar-refractivity contribution < 1.29 is 50.8 Å². The van der Waals surface area contributed by atoms with Crippen molar-refractivity contribution in [1.82, 2.24) is 16.0 Å². The number of nitrogens with two attached hydrogens (primary N) is 1. The Labute approximate surface area is 328 Å². The fraction of sp³-hybridized carbons (Fsp3) is 0.583. The van der Waals surface area contributed by atoms with Gasteiger partial charge in [-0.15, -0.1) is 0 Å². The van der Waals surface area contributed by atoms with E-state index in [-0.39, 0.29) is 69.4 Å². The molecule has 0 radical (unpaired) electrons. The second kappa shape index (κ2) is 21.7. The molecule has 54 heavy (non-hydrogen) atoms. The van der Waals surface area contributed by atoms with E-state index >= 15 is 0 Å². The number of nitrogens with one attached hydrogen (secondary N) is 3. The van der Waals surface area contributed by atoms with Crippen LogP contribution in [-0.4, -0.2) is 68.2 Å². The predicted octanol–water partition coefficient (Wildman–Crippen LogP) is 4.15. The summed E-state index contributed by atoms with van der Waals surface area (Å²) in [7, 11) is 0. The summed E-state index contributed by atoms with van der Waals surface area (Å²) >= 11 is 4.92. The van der Waals surface area contributed by atoms with Gasteiger partial charge in [-0.25, -0.2) is 9.59 Å². The molecule has 16 nitrogen and oxygen atoms in total. The number of ether oxygens (including phenoxy) is 3. The minimum Gasteiger partial charge on any atom is -1.00 e. The van der Waals surface area contributed by atoms with Crippen molar-refractivity contribution in [1.29, 1.82) is 0 Å². The molecule has 0 saturated carbocycles. The van der Waals surface area contributed by atoms with E-state index in [1.165, 1.54) is 55.5 Å². The number of carbonyl (C=O) groups is 3. The van der Waals surface area contributed by atoms with Crippen molar-refractivity contribution in [2.45, 2.75) is 129 Å². The van der Waals surface area contributed by atoms with E-state index in [4.69, 9.17) is 22.1 Å². The molecule has 0 atom stereocenters. The highest BCUT2D eigenvalue weighted by Gasteiger charge is 2.38. The monoisotopic (exact) mass is 801 g/mol. The molecule has 2 aliphatic heterocycles. The number of nitro benzene ring substituents is 2. The summed E-state index contributed by atoms with van der Waals surface area (Å²) < 4.78 is 14.1. The lowest BCUT2D eigenvalue weighted by atomic mass is 9.80. The molecule has 4 rings (SSSR count). The van der Waals surface area contributed by atoms with Crippen molar-refractivity contribution in [2.24, 2.45) is 5.73 Å². The lowest BCUT2D eigenvalue weighted by molar-refractivity contribution is -0.385. The van der Waals surface area contributed by atoms with Gasteiger partial charge in [0.05, 0.1) is 16.5 Å². The molecule has 0 bridgehead atoms. The normalized spacial score (nSPS) is 17.7. The first-order valence-corrected chi connectivity index (χ1v) is 17.4. The number of piperidine rings is 2. The Balaban J connectivity index is 0.000000769. The van der Waals surface area contributed by atoms with Crippen LogP contribution in [0.3, 0.4) is 0 Å². The van der Waals surface area contributed by atoms with Crippen LogP contribution >= 0.6 is 11.6 Å². The van der Waals surface area contributed by atoms with Crippen LogP contribution in [0, 0.1) is 20.2 Å². The van der Waals surface area contributed by atoms with Gasteiger partial charge in [-0.3, -0.25) is 25.0 Å². The van der Waals surface area contributed by atoms with Crippen LogP contribution in [-0.2, 0) is 9.53 Å². The number of rotatable bonds is 6. The summed E-state index contributed by atoms with van der Waals surface area (Å²) in [4.78, 5) is 51.9. The smallest absolute Gasteiger partial charge is 0.412 e. The van der Waals surface area contributed by atoms with Crippen molar-refractivity contribution >= 4 is 40.5 Å². The first kappa shape index (κ1) is 49.9. The Morgan fingerprint density at radius 2 is 1.11 bits per heavy atom. The van der Waals surface area contributed by atoms with Gasteiger partial charge in [-0.05, 0) is 112 Å². The minimum atomic E-state index is -0.978. The number of nitrogens with zero attached hydrogens (tertiary/aromatic N) is 2. The molecule has 1 amide bonds. The maximum absolute atomic E-state index is 12.0. The third-order valence-corrected chi connectivity index (χ3v) is 7.66. The zero-order valence-corrected chi connectivity index (χ0v) is 34.1. The first-order valence-electron chi connectivity index (χ1n) is 17.1. The maximum atomic E-state index is 12.0. The third kappa shape index (κ3) is 21.0. The van der Waals surface area contributed by atoms with Crippen molar-refractivity contribution in [2.75, 3.05) is 6.61 Å². The Hall–Kier alpha value is -4.09. The summed E-state index contributed by atoms with van der Waals surface area (Å²) in [5.74, 6) is 0.239. The summed E-state index contributed by atoms with van der Waals surface area (Å²) in [6, 6.07) is 10.8. The van der Waals surface area contributed by atoms with Gasteiger partial charge in [0.1, 0.15) is 11.5 Å². The molecule has 2 aromatic rings. The molecule has 0 unspecified atom stereocenters. The molecule has 0 aromatic heterocycles. The van der Waals surface area contributed by atoms with Gasteiger partial charge < -0.3 is 48.3 Å². The average Bonchev–Trinajstić information content (AvgIpc) is 2.94. The maximum Gasteiger partial charge on any atom is 0.412 e. The number of halogens is 2. The lowest BCUT2D eigenvalue weighted by Crippen LogP contribution is -3.00. The highest BCUT2D eigenvalue weighted by molar-refractivity contribution is 6.61. The number of hydrogen-bond donors (Lipinski definition) is 4. The van der Waals surface area contributed by atoms with E-state index in [0.29, 0.717) is 12.6 Å². The van der Waals surface area contributed by atoms with E-state index < -0.39 is 21.4 Å². The molecule has 2 heterocycles. The van der Waals surface area contributed by atoms with Gasteiger partial charge in [0.25, 0.3) is 11.4 Å². The first-order chi connectivity index (χ1) is 24.2. The molecule has 2 saturated heterocycles. The molecule has 2 aliphatic rings. The van der Waals surface area contributed by atoms with E-state index in [0.717, 1.165) is 25.7 Å². The molecule has 304 valence electrons. The zero-order valence-electron chi connectivity index (χ0n) is 32.6. The number of nitro groups is 2. The number of amides is 1. The highest BCUT2D eigenvalue weighted by Crippen LogP contribution is 2.29. The predicted molar refractivity (Wildman–Crippen MR) is 202 cm³/mol. The van der Waals surface area contributed by atoms with Gasteiger partial charge in [-0.2, -0.15) is 0 Å². The Morgan fingerprint density at radius 1 is 0.759 bits per heavy atom. The van der Waals surface area contributed by atoms with Crippen LogP contribution < -0.4 is 43.6 Å². The molecule has 5 N–H and O–H groups in total. The molecule has 2 fully saturated rings. The molecular weight excluding hydrogens is 747 g/mol. The largest absolute Gasteiger partial charge is 1.00 e. The standard InChI is InChI=1S/C16H23N3O4.C9H20N2.C7H4ClNO4.C4H8O2.ClH/c1-15(2)9-11(10-16(3,4)18-15)17-14(20)23-13-7-5-12(6-8-13)19(21)22;1-8(2)5-7(10)6-9(3,4)11-8;8-7(10)13-6-3-1-5(2-4-6)9(11)12;1-3-6-4(2)5;/h5-8,11,18H,9-10H2,1-4H3,(H,17,20);7,11H,5-6,10H2,1-4H3;1-4H;3H2,1-2H3;1H/p-1. The van der Waals surface area contributed by atoms with Crippen molar-refractivity contribution in [3.63, 3.8) is 0 Å². The SMILES string of the molecule is CC1(C)CC(N)CC(C)(C)N1.CC1(C)CC(NC(=O)Oc2ccc([N+](=O)[O-])cc2)CC(C)(C)N1.CCOC(C)=O.O=C(Cl)Oc1ccc([N+](=O)[O-])cc1.[Cl-]. The van der Waals surface area contributed by atoms with Crippen molar-refractivity contribution in [3.8, 4) is 11.5 Å². The van der Waals surface area contributed by atoms with Crippen LogP contribution in [0.1, 0.15) is 94.9 Å². The number of non-ortho nitro benzene ring substituents is 2. The Bertz CT molecular complexity index is 1510. The van der Waals surface area contributed by atoms with Crippen LogP contribution in [0.4, 0.5) is 21.0 Å². The fourth-order valence-electron chi connectivity index (χ4n) is 6.70. The Morgan fingerprint density at radius 3 is 1.39 bits per heavy atom. The fourth-order valence-corrected chi connectivity index (χ4v) is 6.79. The second-order valence-electron chi connectivity index (χ2n) is 15.4. The van der Waals surface area contributed by atoms with E-state index in [1.54, 1.807) is 6.92 Å². The van der Waals surface area contributed by atoms with Gasteiger partial charge >= 0.3 is 17.5 Å². The molecule has 2 aromatic carbocycles. The molecule has 0 spiro atoms. The number of hydrogen-bond acceptors (Lipinski definition) is 13. The second-order valence-corrected chi connectivity index (χ2v) is 15.7. The Kier molecular flexibility index (Phi) is 20.1. The average molecular weight is 803 g/mol. The summed E-state index contributed by atoms with van der Waals surface area (Å²) in [5.41, 5.74) is 5.12. The minimum absolute atomic E-state index is 0. The molecule has 0 aliphatic carbocycles. The van der Waals surface area contributed by atoms with E-state index in [9.17, 15) is 34.6 Å².